The molecule has 0 aromatic heterocycles. The van der Waals surface area contributed by atoms with Crippen LogP contribution >= 0.6 is 27.5 Å². The fourth-order valence-electron chi connectivity index (χ4n) is 0.714. The zero-order valence-corrected chi connectivity index (χ0v) is 9.36. The van der Waals surface area contributed by atoms with E-state index in [2.05, 4.69) is 25.4 Å². The minimum Gasteiger partial charge on any atom is -0.437 e. The van der Waals surface area contributed by atoms with Crippen LogP contribution < -0.4 is 4.74 Å². The molecule has 0 fully saturated rings. The van der Waals surface area contributed by atoms with E-state index in [1.807, 2.05) is 0 Å². The Balaban J connectivity index is 2.98. The number of carbonyl (C=O) groups is 1. The highest BCUT2D eigenvalue weighted by molar-refractivity contribution is 9.10. The number of benzene rings is 1. The summed E-state index contributed by atoms with van der Waals surface area (Å²) in [5.74, 6) is -0.501. The largest absolute Gasteiger partial charge is 0.513 e. The van der Waals surface area contributed by atoms with Crippen LogP contribution in [-0.4, -0.2) is 13.3 Å². The van der Waals surface area contributed by atoms with Crippen molar-refractivity contribution < 1.29 is 18.7 Å². The van der Waals surface area contributed by atoms with Crippen LogP contribution in [0.2, 0.25) is 5.02 Å². The Morgan fingerprint density at radius 1 is 1.57 bits per heavy atom. The van der Waals surface area contributed by atoms with E-state index in [-0.39, 0.29) is 15.2 Å². The van der Waals surface area contributed by atoms with Crippen molar-refractivity contribution >= 4 is 33.7 Å². The van der Waals surface area contributed by atoms with Gasteiger partial charge in [-0.15, -0.1) is 0 Å². The lowest BCUT2D eigenvalue weighted by molar-refractivity contribution is 0.121. The molecule has 1 aromatic carbocycles. The molecule has 3 nitrogen and oxygen atoms in total. The lowest BCUT2D eigenvalue weighted by Crippen LogP contribution is -2.07. The van der Waals surface area contributed by atoms with Crippen LogP contribution in [0, 0.1) is 5.82 Å². The van der Waals surface area contributed by atoms with Crippen molar-refractivity contribution in [1.82, 2.24) is 0 Å². The van der Waals surface area contributed by atoms with Crippen molar-refractivity contribution in [1.29, 1.82) is 0 Å². The highest BCUT2D eigenvalue weighted by Gasteiger charge is 2.11. The number of hydrogen-bond donors (Lipinski definition) is 0. The molecule has 0 aliphatic rings. The van der Waals surface area contributed by atoms with Gasteiger partial charge in [0.15, 0.2) is 5.75 Å². The van der Waals surface area contributed by atoms with Gasteiger partial charge in [0.2, 0.25) is 0 Å². The van der Waals surface area contributed by atoms with Crippen LogP contribution in [0.1, 0.15) is 0 Å². The van der Waals surface area contributed by atoms with E-state index >= 15 is 0 Å². The predicted octanol–water partition coefficient (Wildman–Crippen LogP) is 3.39. The van der Waals surface area contributed by atoms with Gasteiger partial charge >= 0.3 is 6.16 Å². The van der Waals surface area contributed by atoms with Crippen molar-refractivity contribution in [2.75, 3.05) is 7.11 Å². The molecular formula is C8H5BrClFO3. The molecule has 0 saturated heterocycles. The summed E-state index contributed by atoms with van der Waals surface area (Å²) in [6.45, 7) is 0. The highest BCUT2D eigenvalue weighted by Crippen LogP contribution is 2.30. The lowest BCUT2D eigenvalue weighted by Gasteiger charge is -2.05. The van der Waals surface area contributed by atoms with Gasteiger partial charge in [0.05, 0.1) is 16.6 Å². The van der Waals surface area contributed by atoms with Gasteiger partial charge in [-0.25, -0.2) is 9.18 Å². The third-order valence-corrected chi connectivity index (χ3v) is 2.24. The molecule has 76 valence electrons. The number of ether oxygens (including phenoxy) is 2. The molecule has 6 heteroatoms. The van der Waals surface area contributed by atoms with E-state index in [4.69, 9.17) is 11.6 Å². The third-order valence-electron chi connectivity index (χ3n) is 1.33. The summed E-state index contributed by atoms with van der Waals surface area (Å²) in [5.41, 5.74) is 0. The van der Waals surface area contributed by atoms with E-state index in [1.165, 1.54) is 6.07 Å². The summed E-state index contributed by atoms with van der Waals surface area (Å²) in [4.78, 5) is 10.7. The van der Waals surface area contributed by atoms with Gasteiger partial charge < -0.3 is 9.47 Å². The number of halogens is 3. The van der Waals surface area contributed by atoms with Crippen molar-refractivity contribution in [2.24, 2.45) is 0 Å². The van der Waals surface area contributed by atoms with E-state index in [1.54, 1.807) is 0 Å². The van der Waals surface area contributed by atoms with Gasteiger partial charge in [0.25, 0.3) is 0 Å². The first-order valence-electron chi connectivity index (χ1n) is 3.45. The maximum Gasteiger partial charge on any atom is 0.513 e. The number of hydrogen-bond acceptors (Lipinski definition) is 3. The molecule has 0 N–H and O–H groups in total. The molecule has 0 spiro atoms. The minimum absolute atomic E-state index is 0.00361. The Bertz CT molecular complexity index is 370. The Labute approximate surface area is 92.9 Å². The summed E-state index contributed by atoms with van der Waals surface area (Å²) in [6, 6.07) is 2.28. The second-order valence-corrected chi connectivity index (χ2v) is 3.51. The Morgan fingerprint density at radius 2 is 2.21 bits per heavy atom. The normalized spacial score (nSPS) is 9.71. The standard InChI is InChI=1S/C8H5BrClFO3/c1-13-8(12)14-7-2-4(9)6(11)3-5(7)10/h2-3H,1H3. The summed E-state index contributed by atoms with van der Waals surface area (Å²) in [5, 5.41) is -0.00361. The quantitative estimate of drug-likeness (QED) is 0.450. The average molecular weight is 283 g/mol. The van der Waals surface area contributed by atoms with Crippen molar-refractivity contribution in [3.63, 3.8) is 0 Å². The maximum atomic E-state index is 12.9. The van der Waals surface area contributed by atoms with Gasteiger partial charge in [-0.3, -0.25) is 0 Å². The molecule has 1 rings (SSSR count). The molecule has 0 saturated carbocycles. The summed E-state index contributed by atoms with van der Waals surface area (Å²) in [6.07, 6.45) is -0.912. The Hall–Kier alpha value is -0.810. The van der Waals surface area contributed by atoms with Crippen LogP contribution in [0.15, 0.2) is 16.6 Å². The smallest absolute Gasteiger partial charge is 0.437 e. The molecule has 1 aromatic rings. The second-order valence-electron chi connectivity index (χ2n) is 2.25. The van der Waals surface area contributed by atoms with Gasteiger partial charge in [-0.2, -0.15) is 0 Å². The first kappa shape index (κ1) is 11.3. The predicted molar refractivity (Wildman–Crippen MR) is 52.1 cm³/mol. The van der Waals surface area contributed by atoms with Crippen molar-refractivity contribution in [3.8, 4) is 5.75 Å². The SMILES string of the molecule is COC(=O)Oc1cc(Br)c(F)cc1Cl. The lowest BCUT2D eigenvalue weighted by atomic mass is 10.3. The van der Waals surface area contributed by atoms with Crippen molar-refractivity contribution in [2.45, 2.75) is 0 Å². The summed E-state index contributed by atoms with van der Waals surface area (Å²) in [7, 11) is 1.16. The molecule has 0 unspecified atom stereocenters. The second kappa shape index (κ2) is 4.61. The van der Waals surface area contributed by atoms with Crippen LogP contribution in [0.25, 0.3) is 0 Å². The van der Waals surface area contributed by atoms with Gasteiger partial charge in [0, 0.05) is 0 Å². The van der Waals surface area contributed by atoms with Gasteiger partial charge in [-0.1, -0.05) is 11.6 Å². The van der Waals surface area contributed by atoms with E-state index in [0.29, 0.717) is 0 Å². The van der Waals surface area contributed by atoms with Gasteiger partial charge in [0.1, 0.15) is 5.82 Å². The van der Waals surface area contributed by atoms with Gasteiger partial charge in [-0.05, 0) is 28.1 Å². The van der Waals surface area contributed by atoms with Crippen LogP contribution in [0.4, 0.5) is 9.18 Å². The topological polar surface area (TPSA) is 35.5 Å². The number of methoxy groups -OCH3 is 1. The number of rotatable bonds is 1. The van der Waals surface area contributed by atoms with Crippen molar-refractivity contribution in [3.05, 3.63) is 27.4 Å². The van der Waals surface area contributed by atoms with Crippen LogP contribution in [0.5, 0.6) is 5.75 Å². The Kier molecular flexibility index (Phi) is 3.71. The molecule has 0 heterocycles. The molecular weight excluding hydrogens is 278 g/mol. The fraction of sp³-hybridized carbons (Fsp3) is 0.125. The molecule has 0 aliphatic carbocycles. The van der Waals surface area contributed by atoms with E-state index in [9.17, 15) is 9.18 Å². The zero-order valence-electron chi connectivity index (χ0n) is 7.01. The minimum atomic E-state index is -0.912. The van der Waals surface area contributed by atoms with Crippen LogP contribution in [-0.2, 0) is 4.74 Å². The molecule has 0 atom stereocenters. The van der Waals surface area contributed by atoms with Crippen LogP contribution in [0.3, 0.4) is 0 Å². The molecule has 14 heavy (non-hydrogen) atoms. The third kappa shape index (κ3) is 2.59. The first-order valence-corrected chi connectivity index (χ1v) is 4.62. The average Bonchev–Trinajstić information content (AvgIpc) is 2.14. The van der Waals surface area contributed by atoms with E-state index < -0.39 is 12.0 Å². The summed E-state index contributed by atoms with van der Waals surface area (Å²) >= 11 is 8.54. The fourth-order valence-corrected chi connectivity index (χ4v) is 1.23. The summed E-state index contributed by atoms with van der Waals surface area (Å²) < 4.78 is 21.9. The first-order chi connectivity index (χ1) is 6.54. The van der Waals surface area contributed by atoms with E-state index in [0.717, 1.165) is 13.2 Å². The highest BCUT2D eigenvalue weighted by atomic mass is 79.9. The monoisotopic (exact) mass is 282 g/mol. The molecule has 0 radical (unpaired) electrons. The molecule has 0 amide bonds. The zero-order chi connectivity index (χ0) is 10.7. The maximum absolute atomic E-state index is 12.9. The Morgan fingerprint density at radius 3 is 2.79 bits per heavy atom. The molecule has 0 aliphatic heterocycles. The molecule has 0 bridgehead atoms. The number of carbonyl (C=O) groups excluding carboxylic acids is 1.